The molecule has 2 nitrogen and oxygen atoms in total. The highest BCUT2D eigenvalue weighted by atomic mass is 16.3. The van der Waals surface area contributed by atoms with E-state index in [-0.39, 0.29) is 11.5 Å². The van der Waals surface area contributed by atoms with Gasteiger partial charge >= 0.3 is 0 Å². The third-order valence-corrected chi connectivity index (χ3v) is 3.31. The minimum atomic E-state index is 0.0237. The largest absolute Gasteiger partial charge is 0.504 e. The van der Waals surface area contributed by atoms with E-state index in [1.54, 1.807) is 6.07 Å². The van der Waals surface area contributed by atoms with Crippen molar-refractivity contribution in [1.29, 1.82) is 0 Å². The molecule has 0 saturated heterocycles. The third-order valence-electron chi connectivity index (χ3n) is 3.31. The zero-order chi connectivity index (χ0) is 10.8. The Morgan fingerprint density at radius 3 is 2.40 bits per heavy atom. The second-order valence-electron chi connectivity index (χ2n) is 4.56. The van der Waals surface area contributed by atoms with Gasteiger partial charge in [-0.25, -0.2) is 0 Å². The molecule has 1 saturated carbocycles. The molecular formula is C13H18O2. The summed E-state index contributed by atoms with van der Waals surface area (Å²) in [6.45, 7) is 1.95. The number of benzene rings is 1. The van der Waals surface area contributed by atoms with Gasteiger partial charge in [0, 0.05) is 5.56 Å². The molecule has 0 unspecified atom stereocenters. The van der Waals surface area contributed by atoms with E-state index in [0.717, 1.165) is 24.0 Å². The number of phenolic OH excluding ortho intramolecular Hbond substituents is 2. The van der Waals surface area contributed by atoms with Crippen LogP contribution in [-0.4, -0.2) is 10.2 Å². The van der Waals surface area contributed by atoms with Crippen LogP contribution in [0.4, 0.5) is 0 Å². The molecule has 0 amide bonds. The van der Waals surface area contributed by atoms with Crippen molar-refractivity contribution in [1.82, 2.24) is 0 Å². The lowest BCUT2D eigenvalue weighted by Crippen LogP contribution is -2.05. The lowest BCUT2D eigenvalue weighted by Gasteiger charge is -2.23. The highest BCUT2D eigenvalue weighted by Crippen LogP contribution is 2.41. The van der Waals surface area contributed by atoms with E-state index >= 15 is 0 Å². The highest BCUT2D eigenvalue weighted by molar-refractivity contribution is 5.48. The molecule has 0 aromatic heterocycles. The van der Waals surface area contributed by atoms with Crippen LogP contribution in [0, 0.1) is 6.92 Å². The first-order valence-electron chi connectivity index (χ1n) is 5.71. The van der Waals surface area contributed by atoms with E-state index in [2.05, 4.69) is 0 Å². The molecule has 0 aliphatic heterocycles. The van der Waals surface area contributed by atoms with Crippen molar-refractivity contribution in [3.63, 3.8) is 0 Å². The van der Waals surface area contributed by atoms with Crippen molar-refractivity contribution in [2.45, 2.75) is 44.9 Å². The molecule has 0 radical (unpaired) electrons. The Balaban J connectivity index is 2.33. The Hall–Kier alpha value is -1.18. The van der Waals surface area contributed by atoms with Crippen LogP contribution in [0.5, 0.6) is 11.5 Å². The van der Waals surface area contributed by atoms with Crippen molar-refractivity contribution < 1.29 is 10.2 Å². The van der Waals surface area contributed by atoms with Crippen LogP contribution in [-0.2, 0) is 0 Å². The maximum absolute atomic E-state index is 9.82. The molecule has 82 valence electrons. The number of phenols is 2. The number of rotatable bonds is 1. The summed E-state index contributed by atoms with van der Waals surface area (Å²) >= 11 is 0. The zero-order valence-corrected chi connectivity index (χ0v) is 9.16. The van der Waals surface area contributed by atoms with Crippen LogP contribution in [0.3, 0.4) is 0 Å². The Kier molecular flexibility index (Phi) is 2.85. The summed E-state index contributed by atoms with van der Waals surface area (Å²) in [6, 6.07) is 3.62. The van der Waals surface area contributed by atoms with Crippen LogP contribution >= 0.6 is 0 Å². The van der Waals surface area contributed by atoms with Gasteiger partial charge in [0.15, 0.2) is 11.5 Å². The van der Waals surface area contributed by atoms with E-state index < -0.39 is 0 Å². The van der Waals surface area contributed by atoms with Gasteiger partial charge < -0.3 is 10.2 Å². The Morgan fingerprint density at radius 2 is 1.73 bits per heavy atom. The first-order valence-corrected chi connectivity index (χ1v) is 5.71. The summed E-state index contributed by atoms with van der Waals surface area (Å²) in [5, 5.41) is 19.4. The summed E-state index contributed by atoms with van der Waals surface area (Å²) in [4.78, 5) is 0. The number of aryl methyl sites for hydroxylation is 1. The normalized spacial score (nSPS) is 17.9. The van der Waals surface area contributed by atoms with Gasteiger partial charge in [0.05, 0.1) is 0 Å². The molecule has 1 aliphatic rings. The molecule has 1 aromatic carbocycles. The SMILES string of the molecule is Cc1cc(O)c(O)c(C2CCCCC2)c1. The van der Waals surface area contributed by atoms with Gasteiger partial charge in [0.2, 0.25) is 0 Å². The Bertz CT molecular complexity index is 352. The standard InChI is InChI=1S/C13H18O2/c1-9-7-11(13(15)12(14)8-9)10-5-3-2-4-6-10/h7-8,10,14-15H,2-6H2,1H3. The molecule has 0 bridgehead atoms. The predicted molar refractivity (Wildman–Crippen MR) is 60.3 cm³/mol. The van der Waals surface area contributed by atoms with Gasteiger partial charge in [-0.3, -0.25) is 0 Å². The lowest BCUT2D eigenvalue weighted by atomic mass is 9.83. The van der Waals surface area contributed by atoms with Gasteiger partial charge in [-0.2, -0.15) is 0 Å². The maximum Gasteiger partial charge on any atom is 0.160 e. The van der Waals surface area contributed by atoms with Crippen LogP contribution in [0.2, 0.25) is 0 Å². The van der Waals surface area contributed by atoms with Crippen LogP contribution < -0.4 is 0 Å². The van der Waals surface area contributed by atoms with E-state index in [9.17, 15) is 10.2 Å². The number of aromatic hydroxyl groups is 2. The maximum atomic E-state index is 9.82. The van der Waals surface area contributed by atoms with Crippen molar-refractivity contribution in [2.75, 3.05) is 0 Å². The van der Waals surface area contributed by atoms with Crippen molar-refractivity contribution in [3.8, 4) is 11.5 Å². The molecule has 15 heavy (non-hydrogen) atoms. The van der Waals surface area contributed by atoms with E-state index in [1.807, 2.05) is 13.0 Å². The molecule has 2 rings (SSSR count). The summed E-state index contributed by atoms with van der Waals surface area (Å²) in [7, 11) is 0. The second-order valence-corrected chi connectivity index (χ2v) is 4.56. The van der Waals surface area contributed by atoms with Gasteiger partial charge in [-0.05, 0) is 37.3 Å². The van der Waals surface area contributed by atoms with Crippen LogP contribution in [0.15, 0.2) is 12.1 Å². The fraction of sp³-hybridized carbons (Fsp3) is 0.538. The van der Waals surface area contributed by atoms with E-state index in [0.29, 0.717) is 5.92 Å². The molecule has 0 heterocycles. The molecule has 2 heteroatoms. The average molecular weight is 206 g/mol. The van der Waals surface area contributed by atoms with Gasteiger partial charge in [-0.1, -0.05) is 25.3 Å². The monoisotopic (exact) mass is 206 g/mol. The molecule has 2 N–H and O–H groups in total. The molecule has 1 aliphatic carbocycles. The Morgan fingerprint density at radius 1 is 1.07 bits per heavy atom. The summed E-state index contributed by atoms with van der Waals surface area (Å²) in [6.07, 6.45) is 6.04. The average Bonchev–Trinajstić information content (AvgIpc) is 2.24. The van der Waals surface area contributed by atoms with Crippen molar-refractivity contribution >= 4 is 0 Å². The van der Waals surface area contributed by atoms with Crippen molar-refractivity contribution in [3.05, 3.63) is 23.3 Å². The first-order chi connectivity index (χ1) is 7.18. The molecule has 0 spiro atoms. The summed E-state index contributed by atoms with van der Waals surface area (Å²) < 4.78 is 0. The molecule has 1 aromatic rings. The highest BCUT2D eigenvalue weighted by Gasteiger charge is 2.20. The van der Waals surface area contributed by atoms with Crippen LogP contribution in [0.1, 0.15) is 49.1 Å². The van der Waals surface area contributed by atoms with Gasteiger partial charge in [-0.15, -0.1) is 0 Å². The van der Waals surface area contributed by atoms with E-state index in [4.69, 9.17) is 0 Å². The first kappa shape index (κ1) is 10.3. The topological polar surface area (TPSA) is 40.5 Å². The number of hydrogen-bond acceptors (Lipinski definition) is 2. The van der Waals surface area contributed by atoms with E-state index in [1.165, 1.54) is 19.3 Å². The van der Waals surface area contributed by atoms with Gasteiger partial charge in [0.1, 0.15) is 0 Å². The smallest absolute Gasteiger partial charge is 0.160 e. The second kappa shape index (κ2) is 4.13. The summed E-state index contributed by atoms with van der Waals surface area (Å²) in [5.74, 6) is 0.549. The minimum Gasteiger partial charge on any atom is -0.504 e. The predicted octanol–water partition coefficient (Wildman–Crippen LogP) is 3.45. The molecule has 1 fully saturated rings. The quantitative estimate of drug-likeness (QED) is 0.691. The summed E-state index contributed by atoms with van der Waals surface area (Å²) in [5.41, 5.74) is 1.96. The fourth-order valence-corrected chi connectivity index (χ4v) is 2.51. The van der Waals surface area contributed by atoms with Crippen LogP contribution in [0.25, 0.3) is 0 Å². The number of hydrogen-bond donors (Lipinski definition) is 2. The fourth-order valence-electron chi connectivity index (χ4n) is 2.51. The van der Waals surface area contributed by atoms with Crippen molar-refractivity contribution in [2.24, 2.45) is 0 Å². The Labute approximate surface area is 90.6 Å². The molecule has 0 atom stereocenters. The molecular weight excluding hydrogens is 188 g/mol. The lowest BCUT2D eigenvalue weighted by molar-refractivity contribution is 0.380. The minimum absolute atomic E-state index is 0.0237. The third kappa shape index (κ3) is 2.09. The van der Waals surface area contributed by atoms with Gasteiger partial charge in [0.25, 0.3) is 0 Å². The zero-order valence-electron chi connectivity index (χ0n) is 9.16.